The molecule has 2 fully saturated rings. The van der Waals surface area contributed by atoms with Crippen LogP contribution in [0.4, 0.5) is 4.79 Å². The summed E-state index contributed by atoms with van der Waals surface area (Å²) in [5, 5.41) is 2.86. The Morgan fingerprint density at radius 3 is 2.62 bits per heavy atom. The number of rotatable bonds is 4. The molecule has 1 aromatic rings. The largest absolute Gasteiger partial charge is 0.341 e. The van der Waals surface area contributed by atoms with Gasteiger partial charge in [-0.1, -0.05) is 49.4 Å². The minimum absolute atomic E-state index is 0.137. The summed E-state index contributed by atoms with van der Waals surface area (Å²) in [5.41, 5.74) is -0.172. The smallest absolute Gasteiger partial charge is 0.325 e. The number of allylic oxidation sites excluding steroid dienone is 2. The Morgan fingerprint density at radius 1 is 1.14 bits per heavy atom. The van der Waals surface area contributed by atoms with E-state index in [1.165, 1.54) is 0 Å². The maximum absolute atomic E-state index is 13.2. The third kappa shape index (κ3) is 3.45. The Bertz CT molecular complexity index is 837. The van der Waals surface area contributed by atoms with Crippen molar-refractivity contribution in [2.45, 2.75) is 51.0 Å². The van der Waals surface area contributed by atoms with E-state index in [-0.39, 0.29) is 23.8 Å². The molecule has 0 radical (unpaired) electrons. The highest BCUT2D eigenvalue weighted by molar-refractivity contribution is 6.09. The Kier molecular flexibility index (Phi) is 5.19. The Morgan fingerprint density at radius 2 is 1.93 bits per heavy atom. The van der Waals surface area contributed by atoms with Crippen LogP contribution >= 0.6 is 0 Å². The van der Waals surface area contributed by atoms with Crippen LogP contribution in [-0.4, -0.2) is 47.3 Å². The van der Waals surface area contributed by atoms with Crippen LogP contribution in [0.25, 0.3) is 0 Å². The van der Waals surface area contributed by atoms with Crippen molar-refractivity contribution < 1.29 is 14.4 Å². The number of nitrogens with zero attached hydrogens (tertiary/aromatic N) is 2. The quantitative estimate of drug-likeness (QED) is 0.629. The highest BCUT2D eigenvalue weighted by atomic mass is 16.2. The number of hydrogen-bond acceptors (Lipinski definition) is 3. The van der Waals surface area contributed by atoms with Gasteiger partial charge in [-0.25, -0.2) is 4.79 Å². The van der Waals surface area contributed by atoms with Crippen LogP contribution in [0.5, 0.6) is 0 Å². The molecule has 154 valence electrons. The third-order valence-electron chi connectivity index (χ3n) is 6.84. The zero-order valence-corrected chi connectivity index (χ0v) is 17.0. The average Bonchev–Trinajstić information content (AvgIpc) is 3.00. The molecule has 3 aliphatic rings. The average molecular weight is 396 g/mol. The van der Waals surface area contributed by atoms with Crippen molar-refractivity contribution in [3.8, 4) is 0 Å². The van der Waals surface area contributed by atoms with Gasteiger partial charge in [0.15, 0.2) is 0 Å². The first-order valence-corrected chi connectivity index (χ1v) is 10.6. The number of imide groups is 1. The van der Waals surface area contributed by atoms with Crippen LogP contribution in [0.15, 0.2) is 42.5 Å². The number of benzene rings is 1. The molecule has 0 bridgehead atoms. The highest BCUT2D eigenvalue weighted by Crippen LogP contribution is 2.41. The van der Waals surface area contributed by atoms with E-state index in [0.29, 0.717) is 13.0 Å². The van der Waals surface area contributed by atoms with Crippen LogP contribution in [0.2, 0.25) is 0 Å². The molecule has 2 aliphatic heterocycles. The molecule has 1 aromatic carbocycles. The van der Waals surface area contributed by atoms with E-state index in [9.17, 15) is 14.4 Å². The number of likely N-dealkylation sites (tertiary alicyclic amines) is 1. The molecule has 6 nitrogen and oxygen atoms in total. The number of amides is 4. The predicted octanol–water partition coefficient (Wildman–Crippen LogP) is 3.19. The summed E-state index contributed by atoms with van der Waals surface area (Å²) < 4.78 is 0. The summed E-state index contributed by atoms with van der Waals surface area (Å²) in [6, 6.07) is 8.79. The molecule has 1 aliphatic carbocycles. The predicted molar refractivity (Wildman–Crippen MR) is 110 cm³/mol. The zero-order valence-electron chi connectivity index (χ0n) is 17.0. The van der Waals surface area contributed by atoms with Crippen molar-refractivity contribution in [2.75, 3.05) is 19.6 Å². The molecule has 0 saturated carbocycles. The summed E-state index contributed by atoms with van der Waals surface area (Å²) in [4.78, 5) is 41.9. The van der Waals surface area contributed by atoms with Crippen molar-refractivity contribution in [1.82, 2.24) is 15.1 Å². The van der Waals surface area contributed by atoms with E-state index < -0.39 is 11.6 Å². The molecule has 1 N–H and O–H groups in total. The third-order valence-corrected chi connectivity index (χ3v) is 6.84. The first-order valence-electron chi connectivity index (χ1n) is 10.6. The van der Waals surface area contributed by atoms with E-state index in [2.05, 4.69) is 17.5 Å². The van der Waals surface area contributed by atoms with Gasteiger partial charge >= 0.3 is 6.03 Å². The van der Waals surface area contributed by atoms with Crippen LogP contribution < -0.4 is 5.32 Å². The first-order chi connectivity index (χ1) is 14.0. The van der Waals surface area contributed by atoms with Crippen LogP contribution in [-0.2, 0) is 15.1 Å². The lowest BCUT2D eigenvalue weighted by Gasteiger charge is -2.44. The van der Waals surface area contributed by atoms with Crippen LogP contribution in [0, 0.1) is 5.41 Å². The van der Waals surface area contributed by atoms with Crippen molar-refractivity contribution in [3.63, 3.8) is 0 Å². The molecule has 0 aromatic heterocycles. The minimum atomic E-state index is -1.09. The van der Waals surface area contributed by atoms with Gasteiger partial charge in [-0.15, -0.1) is 0 Å². The lowest BCUT2D eigenvalue weighted by atomic mass is 9.71. The number of urea groups is 1. The van der Waals surface area contributed by atoms with E-state index in [1.807, 2.05) is 42.2 Å². The number of piperidine rings is 1. The fourth-order valence-electron chi connectivity index (χ4n) is 5.10. The molecular formula is C23H29N3O3. The van der Waals surface area contributed by atoms with Gasteiger partial charge < -0.3 is 10.2 Å². The van der Waals surface area contributed by atoms with E-state index in [4.69, 9.17) is 0 Å². The number of carbonyl (C=O) groups is 3. The van der Waals surface area contributed by atoms with Gasteiger partial charge in [0.05, 0.1) is 0 Å². The van der Waals surface area contributed by atoms with Gasteiger partial charge in [0.1, 0.15) is 12.1 Å². The van der Waals surface area contributed by atoms with E-state index in [1.54, 1.807) is 0 Å². The second-order valence-corrected chi connectivity index (χ2v) is 8.58. The fourth-order valence-corrected chi connectivity index (χ4v) is 5.10. The number of carbonyl (C=O) groups excluding carboxylic acids is 3. The van der Waals surface area contributed by atoms with Gasteiger partial charge in [-0.3, -0.25) is 14.5 Å². The molecular weight excluding hydrogens is 366 g/mol. The van der Waals surface area contributed by atoms with Crippen molar-refractivity contribution in [2.24, 2.45) is 5.41 Å². The Balaban J connectivity index is 1.49. The molecule has 2 heterocycles. The second kappa shape index (κ2) is 7.65. The standard InChI is InChI=1S/C23H29N3O3/c1-2-23(18-10-5-3-6-11-18)20(28)26(21(29)24-23)16-19(27)25-15-9-14-22(17-25)12-7-4-8-13-22/h3-7,10-11H,2,8-9,12-17H2,1H3,(H,24,29). The molecule has 1 spiro atoms. The molecule has 2 saturated heterocycles. The van der Waals surface area contributed by atoms with Crippen molar-refractivity contribution in [1.29, 1.82) is 0 Å². The summed E-state index contributed by atoms with van der Waals surface area (Å²) in [6.45, 7) is 3.11. The topological polar surface area (TPSA) is 69.7 Å². The SMILES string of the molecule is CCC1(c2ccccc2)NC(=O)N(CC(=O)N2CCCC3(CC=CCC3)C2)C1=O. The summed E-state index contributed by atoms with van der Waals surface area (Å²) in [5.74, 6) is -0.473. The monoisotopic (exact) mass is 395 g/mol. The Labute approximate surface area is 171 Å². The maximum Gasteiger partial charge on any atom is 0.325 e. The van der Waals surface area contributed by atoms with Gasteiger partial charge in [-0.05, 0) is 49.5 Å². The van der Waals surface area contributed by atoms with E-state index in [0.717, 1.165) is 49.1 Å². The molecule has 6 heteroatoms. The lowest BCUT2D eigenvalue weighted by Crippen LogP contribution is -2.50. The molecule has 2 unspecified atom stereocenters. The minimum Gasteiger partial charge on any atom is -0.341 e. The summed E-state index contributed by atoms with van der Waals surface area (Å²) >= 11 is 0. The van der Waals surface area contributed by atoms with Crippen LogP contribution in [0.3, 0.4) is 0 Å². The molecule has 29 heavy (non-hydrogen) atoms. The van der Waals surface area contributed by atoms with Crippen molar-refractivity contribution >= 4 is 17.8 Å². The Hall–Kier alpha value is -2.63. The number of hydrogen-bond donors (Lipinski definition) is 1. The van der Waals surface area contributed by atoms with Gasteiger partial charge in [0.25, 0.3) is 5.91 Å². The van der Waals surface area contributed by atoms with E-state index >= 15 is 0 Å². The zero-order chi connectivity index (χ0) is 20.5. The fraction of sp³-hybridized carbons (Fsp3) is 0.522. The second-order valence-electron chi connectivity index (χ2n) is 8.58. The molecule has 2 atom stereocenters. The maximum atomic E-state index is 13.2. The van der Waals surface area contributed by atoms with Crippen LogP contribution in [0.1, 0.15) is 51.0 Å². The molecule has 4 rings (SSSR count). The van der Waals surface area contributed by atoms with Gasteiger partial charge in [-0.2, -0.15) is 0 Å². The summed E-state index contributed by atoms with van der Waals surface area (Å²) in [6.07, 6.45) is 10.2. The van der Waals surface area contributed by atoms with Crippen molar-refractivity contribution in [3.05, 3.63) is 48.0 Å². The molecule has 4 amide bonds. The first kappa shape index (κ1) is 19.7. The van der Waals surface area contributed by atoms with Gasteiger partial charge in [0, 0.05) is 13.1 Å². The highest BCUT2D eigenvalue weighted by Gasteiger charge is 2.52. The van der Waals surface area contributed by atoms with Gasteiger partial charge in [0.2, 0.25) is 5.91 Å². The lowest BCUT2D eigenvalue weighted by molar-refractivity contribution is -0.141. The number of nitrogens with one attached hydrogen (secondary N) is 1. The summed E-state index contributed by atoms with van der Waals surface area (Å²) in [7, 11) is 0. The normalized spacial score (nSPS) is 29.4.